The van der Waals surface area contributed by atoms with Crippen LogP contribution in [0.25, 0.3) is 0 Å². The largest absolute Gasteiger partial charge is 0.363 e. The minimum absolute atomic E-state index is 0.214. The van der Waals surface area contributed by atoms with Crippen molar-refractivity contribution in [2.75, 3.05) is 0 Å². The van der Waals surface area contributed by atoms with E-state index in [9.17, 15) is 9.59 Å². The van der Waals surface area contributed by atoms with E-state index in [0.29, 0.717) is 10.4 Å². The van der Waals surface area contributed by atoms with Crippen LogP contribution in [0.4, 0.5) is 0 Å². The van der Waals surface area contributed by atoms with E-state index in [1.54, 1.807) is 18.3 Å². The van der Waals surface area contributed by atoms with Crippen molar-refractivity contribution in [2.24, 2.45) is 0 Å². The Hall–Kier alpha value is -2.51. The predicted octanol–water partition coefficient (Wildman–Crippen LogP) is 3.67. The van der Waals surface area contributed by atoms with E-state index in [1.165, 1.54) is 28.1 Å². The summed E-state index contributed by atoms with van der Waals surface area (Å²) in [6.07, 6.45) is 1.81. The van der Waals surface area contributed by atoms with Gasteiger partial charge in [0.2, 0.25) is 0 Å². The molecule has 3 aromatic rings. The van der Waals surface area contributed by atoms with Crippen molar-refractivity contribution in [1.82, 2.24) is 15.4 Å². The number of rotatable bonds is 3. The van der Waals surface area contributed by atoms with Crippen LogP contribution in [-0.4, -0.2) is 21.8 Å². The van der Waals surface area contributed by atoms with Crippen molar-refractivity contribution in [1.29, 1.82) is 0 Å². The Labute approximate surface area is 146 Å². The quantitative estimate of drug-likeness (QED) is 0.753. The van der Waals surface area contributed by atoms with Gasteiger partial charge in [0.1, 0.15) is 5.37 Å². The van der Waals surface area contributed by atoms with E-state index < -0.39 is 0 Å². The number of aromatic nitrogens is 1. The maximum atomic E-state index is 12.9. The molecular formula is C17H13N3O2S2. The molecule has 1 unspecified atom stereocenters. The smallest absolute Gasteiger partial charge is 0.279 e. The molecule has 24 heavy (non-hydrogen) atoms. The number of hydrogen-bond donors (Lipinski definition) is 2. The van der Waals surface area contributed by atoms with Gasteiger partial charge in [-0.1, -0.05) is 30.0 Å². The molecule has 0 fully saturated rings. The maximum absolute atomic E-state index is 12.9. The van der Waals surface area contributed by atoms with Gasteiger partial charge in [-0.05, 0) is 35.7 Å². The molecule has 5 nitrogen and oxygen atoms in total. The van der Waals surface area contributed by atoms with Crippen LogP contribution in [0.15, 0.2) is 65.0 Å². The number of nitrogens with zero attached hydrogens (tertiary/aromatic N) is 1. The van der Waals surface area contributed by atoms with Gasteiger partial charge in [0.15, 0.2) is 0 Å². The van der Waals surface area contributed by atoms with Crippen molar-refractivity contribution in [3.8, 4) is 0 Å². The van der Waals surface area contributed by atoms with Crippen molar-refractivity contribution in [3.63, 3.8) is 0 Å². The lowest BCUT2D eigenvalue weighted by molar-refractivity contribution is 0.0547. The number of amides is 2. The second-order valence-corrected chi connectivity index (χ2v) is 7.25. The van der Waals surface area contributed by atoms with E-state index in [2.05, 4.69) is 10.4 Å². The normalized spacial score (nSPS) is 16.8. The lowest BCUT2D eigenvalue weighted by Crippen LogP contribution is -2.49. The lowest BCUT2D eigenvalue weighted by atomic mass is 10.2. The van der Waals surface area contributed by atoms with Crippen LogP contribution in [0.1, 0.15) is 31.1 Å². The number of thioether (sulfide) groups is 1. The summed E-state index contributed by atoms with van der Waals surface area (Å²) in [7, 11) is 0. The molecule has 1 aliphatic rings. The highest BCUT2D eigenvalue weighted by molar-refractivity contribution is 7.99. The molecule has 3 heterocycles. The first-order valence-corrected chi connectivity index (χ1v) is 9.07. The van der Waals surface area contributed by atoms with Crippen LogP contribution >= 0.6 is 23.1 Å². The Morgan fingerprint density at radius 2 is 2.00 bits per heavy atom. The number of carbonyl (C=O) groups excluding carboxylic acids is 2. The van der Waals surface area contributed by atoms with E-state index in [1.807, 2.05) is 41.8 Å². The molecule has 2 amide bonds. The van der Waals surface area contributed by atoms with Gasteiger partial charge < -0.3 is 4.98 Å². The fourth-order valence-electron chi connectivity index (χ4n) is 2.54. The Morgan fingerprint density at radius 1 is 1.12 bits per heavy atom. The van der Waals surface area contributed by atoms with Crippen LogP contribution in [0.3, 0.4) is 0 Å². The average Bonchev–Trinajstić information content (AvgIpc) is 3.31. The zero-order chi connectivity index (χ0) is 16.5. The van der Waals surface area contributed by atoms with Gasteiger partial charge in [0.25, 0.3) is 11.8 Å². The third kappa shape index (κ3) is 2.61. The first-order valence-electron chi connectivity index (χ1n) is 7.31. The zero-order valence-electron chi connectivity index (χ0n) is 12.4. The number of hydrazine groups is 1. The van der Waals surface area contributed by atoms with Crippen molar-refractivity contribution in [2.45, 2.75) is 10.3 Å². The molecular weight excluding hydrogens is 342 g/mol. The molecule has 0 saturated carbocycles. The van der Waals surface area contributed by atoms with Crippen molar-refractivity contribution >= 4 is 34.9 Å². The van der Waals surface area contributed by atoms with Crippen LogP contribution in [-0.2, 0) is 0 Å². The summed E-state index contributed by atoms with van der Waals surface area (Å²) in [5, 5.41) is 2.90. The van der Waals surface area contributed by atoms with Gasteiger partial charge in [-0.3, -0.25) is 15.0 Å². The SMILES string of the molecule is O=C(NN1C(=O)c2ccccc2SC1c1ccc[nH]1)c1cccs1. The summed E-state index contributed by atoms with van der Waals surface area (Å²) in [5.41, 5.74) is 4.21. The van der Waals surface area contributed by atoms with Crippen LogP contribution < -0.4 is 5.43 Å². The number of nitrogens with one attached hydrogen (secondary N) is 2. The van der Waals surface area contributed by atoms with Crippen LogP contribution in [0, 0.1) is 0 Å². The van der Waals surface area contributed by atoms with E-state index in [0.717, 1.165) is 10.6 Å². The minimum Gasteiger partial charge on any atom is -0.363 e. The molecule has 0 radical (unpaired) electrons. The summed E-state index contributed by atoms with van der Waals surface area (Å²) < 4.78 is 0. The molecule has 1 aromatic carbocycles. The number of fused-ring (bicyclic) bond motifs is 1. The van der Waals surface area contributed by atoms with Crippen molar-refractivity contribution < 1.29 is 9.59 Å². The van der Waals surface area contributed by atoms with Gasteiger partial charge in [0, 0.05) is 11.1 Å². The topological polar surface area (TPSA) is 65.2 Å². The number of hydrogen-bond acceptors (Lipinski definition) is 4. The molecule has 0 saturated heterocycles. The maximum Gasteiger partial charge on any atom is 0.279 e. The lowest BCUT2D eigenvalue weighted by Gasteiger charge is -2.35. The fourth-order valence-corrected chi connectivity index (χ4v) is 4.36. The van der Waals surface area contributed by atoms with Crippen LogP contribution in [0.5, 0.6) is 0 Å². The molecule has 120 valence electrons. The first-order chi connectivity index (χ1) is 11.7. The van der Waals surface area contributed by atoms with E-state index in [-0.39, 0.29) is 17.2 Å². The standard InChI is InChI=1S/C17H13N3O2S2/c21-15(14-8-4-10-23-14)19-20-16(22)11-5-1-2-7-13(11)24-17(20)12-6-3-9-18-12/h1-10,17-18H,(H,19,21). The summed E-state index contributed by atoms with van der Waals surface area (Å²) >= 11 is 2.87. The number of H-pyrrole nitrogens is 1. The molecule has 0 spiro atoms. The Morgan fingerprint density at radius 3 is 2.75 bits per heavy atom. The molecule has 2 N–H and O–H groups in total. The number of thiophene rings is 1. The zero-order valence-corrected chi connectivity index (χ0v) is 14.1. The second kappa shape index (κ2) is 6.18. The summed E-state index contributed by atoms with van der Waals surface area (Å²) in [6, 6.07) is 14.8. The van der Waals surface area contributed by atoms with Crippen molar-refractivity contribution in [3.05, 3.63) is 76.2 Å². The van der Waals surface area contributed by atoms with Gasteiger partial charge in [-0.15, -0.1) is 11.3 Å². The fraction of sp³-hybridized carbons (Fsp3) is 0.0588. The molecule has 0 bridgehead atoms. The average molecular weight is 355 g/mol. The van der Waals surface area contributed by atoms with Gasteiger partial charge in [-0.25, -0.2) is 5.01 Å². The highest BCUT2D eigenvalue weighted by atomic mass is 32.2. The number of carbonyl (C=O) groups is 2. The Balaban J connectivity index is 1.71. The highest BCUT2D eigenvalue weighted by Crippen LogP contribution is 2.43. The van der Waals surface area contributed by atoms with E-state index >= 15 is 0 Å². The Kier molecular flexibility index (Phi) is 3.87. The third-order valence-corrected chi connectivity index (χ3v) is 5.83. The number of benzene rings is 1. The van der Waals surface area contributed by atoms with E-state index in [4.69, 9.17) is 0 Å². The highest BCUT2D eigenvalue weighted by Gasteiger charge is 2.36. The molecule has 0 aliphatic carbocycles. The molecule has 4 rings (SSSR count). The third-order valence-electron chi connectivity index (χ3n) is 3.66. The predicted molar refractivity (Wildman–Crippen MR) is 93.8 cm³/mol. The van der Waals surface area contributed by atoms with Crippen LogP contribution in [0.2, 0.25) is 0 Å². The van der Waals surface area contributed by atoms with Gasteiger partial charge >= 0.3 is 0 Å². The number of aromatic amines is 1. The Bertz CT molecular complexity index is 875. The second-order valence-electron chi connectivity index (χ2n) is 5.19. The minimum atomic E-state index is -0.341. The molecule has 1 aliphatic heterocycles. The molecule has 1 atom stereocenters. The monoisotopic (exact) mass is 355 g/mol. The summed E-state index contributed by atoms with van der Waals surface area (Å²) in [6.45, 7) is 0. The summed E-state index contributed by atoms with van der Waals surface area (Å²) in [4.78, 5) is 30.0. The summed E-state index contributed by atoms with van der Waals surface area (Å²) in [5.74, 6) is -0.497. The van der Waals surface area contributed by atoms with Gasteiger partial charge in [-0.2, -0.15) is 0 Å². The first kappa shape index (κ1) is 15.0. The van der Waals surface area contributed by atoms with Gasteiger partial charge in [0.05, 0.1) is 16.1 Å². The molecule has 2 aromatic heterocycles. The molecule has 7 heteroatoms.